The van der Waals surface area contributed by atoms with Gasteiger partial charge in [0.2, 0.25) is 5.91 Å². The van der Waals surface area contributed by atoms with Gasteiger partial charge in [-0.15, -0.1) is 0 Å². The van der Waals surface area contributed by atoms with Crippen molar-refractivity contribution in [3.05, 3.63) is 34.9 Å². The Morgan fingerprint density at radius 1 is 1.42 bits per heavy atom. The first-order chi connectivity index (χ1) is 8.75. The second-order valence-electron chi connectivity index (χ2n) is 4.94. The molecule has 0 saturated heterocycles. The van der Waals surface area contributed by atoms with E-state index in [1.54, 1.807) is 19.1 Å². The SMILES string of the molecule is Cc1cc(C(N)=O)ccc1CNC1(C(F)(F)F)CC1. The van der Waals surface area contributed by atoms with Crippen molar-refractivity contribution in [2.45, 2.75) is 38.0 Å². The molecule has 0 aliphatic heterocycles. The van der Waals surface area contributed by atoms with E-state index in [4.69, 9.17) is 5.73 Å². The van der Waals surface area contributed by atoms with Crippen molar-refractivity contribution in [1.29, 1.82) is 0 Å². The molecule has 2 rings (SSSR count). The number of hydrogen-bond acceptors (Lipinski definition) is 2. The van der Waals surface area contributed by atoms with E-state index in [2.05, 4.69) is 5.32 Å². The largest absolute Gasteiger partial charge is 0.406 e. The van der Waals surface area contributed by atoms with Gasteiger partial charge in [-0.3, -0.25) is 10.1 Å². The first-order valence-electron chi connectivity index (χ1n) is 5.96. The predicted octanol–water partition coefficient (Wildman–Crippen LogP) is 2.28. The molecule has 19 heavy (non-hydrogen) atoms. The zero-order chi connectivity index (χ0) is 14.3. The monoisotopic (exact) mass is 272 g/mol. The summed E-state index contributed by atoms with van der Waals surface area (Å²) in [5.74, 6) is -0.545. The number of hydrogen-bond donors (Lipinski definition) is 2. The predicted molar refractivity (Wildman–Crippen MR) is 64.6 cm³/mol. The standard InChI is InChI=1S/C13H15F3N2O/c1-8-6-9(11(17)19)2-3-10(8)7-18-12(4-5-12)13(14,15)16/h2-3,6,18H,4-5,7H2,1H3,(H2,17,19). The highest BCUT2D eigenvalue weighted by Gasteiger charge is 2.62. The van der Waals surface area contributed by atoms with Crippen molar-refractivity contribution in [3.63, 3.8) is 0 Å². The van der Waals surface area contributed by atoms with E-state index in [0.29, 0.717) is 5.56 Å². The summed E-state index contributed by atoms with van der Waals surface area (Å²) in [6.07, 6.45) is -3.97. The minimum atomic E-state index is -4.21. The number of halogens is 3. The topological polar surface area (TPSA) is 55.1 Å². The fourth-order valence-corrected chi connectivity index (χ4v) is 2.00. The second-order valence-corrected chi connectivity index (χ2v) is 4.94. The number of primary amides is 1. The molecule has 0 atom stereocenters. The first kappa shape index (κ1) is 13.9. The van der Waals surface area contributed by atoms with Crippen molar-refractivity contribution in [2.24, 2.45) is 5.73 Å². The molecular weight excluding hydrogens is 257 g/mol. The number of nitrogens with two attached hydrogens (primary N) is 1. The van der Waals surface area contributed by atoms with Gasteiger partial charge in [0, 0.05) is 12.1 Å². The van der Waals surface area contributed by atoms with Crippen LogP contribution in [0.4, 0.5) is 13.2 Å². The summed E-state index contributed by atoms with van der Waals surface area (Å²) in [5, 5.41) is 2.57. The summed E-state index contributed by atoms with van der Waals surface area (Å²) >= 11 is 0. The van der Waals surface area contributed by atoms with E-state index in [0.717, 1.165) is 11.1 Å². The molecule has 0 radical (unpaired) electrons. The van der Waals surface area contributed by atoms with Gasteiger partial charge in [0.1, 0.15) is 5.54 Å². The highest BCUT2D eigenvalue weighted by molar-refractivity contribution is 5.93. The third-order valence-electron chi connectivity index (χ3n) is 3.54. The molecule has 1 aromatic carbocycles. The molecular formula is C13H15F3N2O. The fourth-order valence-electron chi connectivity index (χ4n) is 2.00. The van der Waals surface area contributed by atoms with Gasteiger partial charge in [0.15, 0.2) is 0 Å². The van der Waals surface area contributed by atoms with Crippen molar-refractivity contribution >= 4 is 5.91 Å². The van der Waals surface area contributed by atoms with E-state index in [-0.39, 0.29) is 19.4 Å². The van der Waals surface area contributed by atoms with Gasteiger partial charge in [0.25, 0.3) is 0 Å². The molecule has 0 bridgehead atoms. The van der Waals surface area contributed by atoms with Crippen LogP contribution in [0.15, 0.2) is 18.2 Å². The molecule has 1 amide bonds. The van der Waals surface area contributed by atoms with Crippen LogP contribution in [-0.4, -0.2) is 17.6 Å². The van der Waals surface area contributed by atoms with Gasteiger partial charge in [0.05, 0.1) is 0 Å². The Kier molecular flexibility index (Phi) is 3.30. The third kappa shape index (κ3) is 2.73. The minimum Gasteiger partial charge on any atom is -0.366 e. The summed E-state index contributed by atoms with van der Waals surface area (Å²) in [7, 11) is 0. The van der Waals surface area contributed by atoms with Crippen LogP contribution < -0.4 is 11.1 Å². The summed E-state index contributed by atoms with van der Waals surface area (Å²) in [4.78, 5) is 11.0. The number of carbonyl (C=O) groups is 1. The molecule has 0 spiro atoms. The molecule has 0 aromatic heterocycles. The van der Waals surface area contributed by atoms with Gasteiger partial charge < -0.3 is 5.73 Å². The maximum Gasteiger partial charge on any atom is 0.406 e. The highest BCUT2D eigenvalue weighted by atomic mass is 19.4. The number of rotatable bonds is 4. The van der Waals surface area contributed by atoms with Crippen LogP contribution in [0, 0.1) is 6.92 Å². The number of carbonyl (C=O) groups excluding carboxylic acids is 1. The number of amides is 1. The Bertz CT molecular complexity index is 507. The average Bonchev–Trinajstić information content (AvgIpc) is 3.07. The summed E-state index contributed by atoms with van der Waals surface area (Å²) in [6.45, 7) is 1.88. The maximum atomic E-state index is 12.7. The minimum absolute atomic E-state index is 0.120. The van der Waals surface area contributed by atoms with Gasteiger partial charge in [-0.05, 0) is 43.0 Å². The number of nitrogens with one attached hydrogen (secondary N) is 1. The van der Waals surface area contributed by atoms with Crippen LogP contribution in [0.3, 0.4) is 0 Å². The lowest BCUT2D eigenvalue weighted by atomic mass is 10.0. The maximum absolute atomic E-state index is 12.7. The molecule has 1 aliphatic carbocycles. The Morgan fingerprint density at radius 2 is 2.05 bits per heavy atom. The van der Waals surface area contributed by atoms with Crippen molar-refractivity contribution in [2.75, 3.05) is 0 Å². The van der Waals surface area contributed by atoms with Crippen molar-refractivity contribution < 1.29 is 18.0 Å². The van der Waals surface area contributed by atoms with E-state index in [9.17, 15) is 18.0 Å². The molecule has 1 aliphatic rings. The Labute approximate surface area is 109 Å². The van der Waals surface area contributed by atoms with Crippen LogP contribution in [-0.2, 0) is 6.54 Å². The Hall–Kier alpha value is -1.56. The zero-order valence-corrected chi connectivity index (χ0v) is 10.5. The Balaban J connectivity index is 2.07. The molecule has 104 valence electrons. The smallest absolute Gasteiger partial charge is 0.366 e. The van der Waals surface area contributed by atoms with Crippen LogP contribution in [0.2, 0.25) is 0 Å². The first-order valence-corrected chi connectivity index (χ1v) is 5.96. The quantitative estimate of drug-likeness (QED) is 0.883. The van der Waals surface area contributed by atoms with Crippen LogP contribution >= 0.6 is 0 Å². The van der Waals surface area contributed by atoms with E-state index in [1.165, 1.54) is 6.07 Å². The average molecular weight is 272 g/mol. The molecule has 1 aromatic rings. The fraction of sp³-hybridized carbons (Fsp3) is 0.462. The molecule has 3 N–H and O–H groups in total. The summed E-state index contributed by atoms with van der Waals surface area (Å²) in [5.41, 5.74) is 5.27. The van der Waals surface area contributed by atoms with Crippen molar-refractivity contribution in [3.8, 4) is 0 Å². The lowest BCUT2D eigenvalue weighted by Crippen LogP contribution is -2.44. The van der Waals surface area contributed by atoms with Gasteiger partial charge in [-0.1, -0.05) is 6.07 Å². The summed E-state index contributed by atoms with van der Waals surface area (Å²) in [6, 6.07) is 4.75. The number of aryl methyl sites for hydroxylation is 1. The number of alkyl halides is 3. The van der Waals surface area contributed by atoms with Gasteiger partial charge >= 0.3 is 6.18 Å². The molecule has 3 nitrogen and oxygen atoms in total. The van der Waals surface area contributed by atoms with E-state index >= 15 is 0 Å². The van der Waals surface area contributed by atoms with E-state index < -0.39 is 17.6 Å². The summed E-state index contributed by atoms with van der Waals surface area (Å²) < 4.78 is 38.2. The van der Waals surface area contributed by atoms with Gasteiger partial charge in [-0.2, -0.15) is 13.2 Å². The molecule has 0 unspecified atom stereocenters. The van der Waals surface area contributed by atoms with Crippen molar-refractivity contribution in [1.82, 2.24) is 5.32 Å². The van der Waals surface area contributed by atoms with Crippen LogP contribution in [0.25, 0.3) is 0 Å². The van der Waals surface area contributed by atoms with Crippen LogP contribution in [0.5, 0.6) is 0 Å². The lowest BCUT2D eigenvalue weighted by Gasteiger charge is -2.21. The molecule has 6 heteroatoms. The van der Waals surface area contributed by atoms with Crippen LogP contribution in [0.1, 0.15) is 34.3 Å². The number of benzene rings is 1. The van der Waals surface area contributed by atoms with E-state index in [1.807, 2.05) is 0 Å². The third-order valence-corrected chi connectivity index (χ3v) is 3.54. The molecule has 1 fully saturated rings. The lowest BCUT2D eigenvalue weighted by molar-refractivity contribution is -0.166. The zero-order valence-electron chi connectivity index (χ0n) is 10.5. The Morgan fingerprint density at radius 3 is 2.47 bits per heavy atom. The second kappa shape index (κ2) is 4.52. The molecule has 1 saturated carbocycles. The highest BCUT2D eigenvalue weighted by Crippen LogP contribution is 2.49. The molecule has 0 heterocycles. The normalized spacial score (nSPS) is 17.3. The van der Waals surface area contributed by atoms with Gasteiger partial charge in [-0.25, -0.2) is 0 Å².